The summed E-state index contributed by atoms with van der Waals surface area (Å²) in [4.78, 5) is 29.9. The van der Waals surface area contributed by atoms with E-state index in [1.807, 2.05) is 82.5 Å². The van der Waals surface area contributed by atoms with Gasteiger partial charge in [0.1, 0.15) is 6.10 Å². The Kier molecular flexibility index (Phi) is 8.02. The Morgan fingerprint density at radius 1 is 0.919 bits per heavy atom. The van der Waals surface area contributed by atoms with Crippen molar-refractivity contribution in [1.29, 1.82) is 0 Å². The Hall–Kier alpha value is -3.99. The third kappa shape index (κ3) is 6.62. The van der Waals surface area contributed by atoms with Crippen molar-refractivity contribution in [3.8, 4) is 0 Å². The molecule has 37 heavy (non-hydrogen) atoms. The van der Waals surface area contributed by atoms with Gasteiger partial charge in [0.25, 0.3) is 5.91 Å². The van der Waals surface area contributed by atoms with Crippen molar-refractivity contribution >= 4 is 18.1 Å². The highest BCUT2D eigenvalue weighted by atomic mass is 16.5. The molecule has 1 amide bonds. The minimum absolute atomic E-state index is 0.0940. The third-order valence-corrected chi connectivity index (χ3v) is 6.81. The van der Waals surface area contributed by atoms with Crippen LogP contribution in [0.1, 0.15) is 65.5 Å². The Labute approximate surface area is 219 Å². The van der Waals surface area contributed by atoms with Crippen LogP contribution in [0.2, 0.25) is 0 Å². The summed E-state index contributed by atoms with van der Waals surface area (Å²) in [5, 5.41) is 3.08. The number of rotatable bonds is 6. The topological polar surface area (TPSA) is 67.8 Å². The molecule has 0 heterocycles. The molecule has 0 aliphatic heterocycles. The van der Waals surface area contributed by atoms with Gasteiger partial charge in [-0.05, 0) is 81.2 Å². The predicted molar refractivity (Wildman–Crippen MR) is 149 cm³/mol. The number of benzene rings is 2. The zero-order chi connectivity index (χ0) is 26.5. The van der Waals surface area contributed by atoms with Crippen LogP contribution in [0.5, 0.6) is 0 Å². The molecule has 190 valence electrons. The SMILES string of the molecule is CC1=CC(/C=N/C2=C(C)C=C(NC(=O)c3ccc(C)cc3)C(C)C2)=CCC1OC(=O)c1ccc(C)cc1. The second kappa shape index (κ2) is 11.4. The number of carbonyl (C=O) groups excluding carboxylic acids is 2. The van der Waals surface area contributed by atoms with Crippen LogP contribution in [0.15, 0.2) is 99.9 Å². The van der Waals surface area contributed by atoms with Gasteiger partial charge in [-0.3, -0.25) is 9.79 Å². The summed E-state index contributed by atoms with van der Waals surface area (Å²) in [5.74, 6) is -0.255. The summed E-state index contributed by atoms with van der Waals surface area (Å²) in [6.45, 7) is 10.1. The first-order valence-electron chi connectivity index (χ1n) is 12.7. The van der Waals surface area contributed by atoms with Crippen LogP contribution < -0.4 is 5.32 Å². The number of allylic oxidation sites excluding steroid dienone is 6. The van der Waals surface area contributed by atoms with E-state index in [0.717, 1.165) is 45.7 Å². The first-order valence-corrected chi connectivity index (χ1v) is 12.7. The fourth-order valence-electron chi connectivity index (χ4n) is 4.36. The number of aliphatic imine (C=N–C) groups is 1. The maximum atomic E-state index is 12.7. The van der Waals surface area contributed by atoms with Crippen LogP contribution in [0, 0.1) is 19.8 Å². The second-order valence-electron chi connectivity index (χ2n) is 10.0. The van der Waals surface area contributed by atoms with Gasteiger partial charge in [0.2, 0.25) is 0 Å². The van der Waals surface area contributed by atoms with Crippen molar-refractivity contribution in [3.63, 3.8) is 0 Å². The van der Waals surface area contributed by atoms with Crippen molar-refractivity contribution < 1.29 is 14.3 Å². The largest absolute Gasteiger partial charge is 0.454 e. The lowest BCUT2D eigenvalue weighted by Gasteiger charge is -2.23. The number of nitrogens with zero attached hydrogens (tertiary/aromatic N) is 1. The fraction of sp³-hybridized carbons (Fsp3) is 0.281. The number of nitrogens with one attached hydrogen (secondary N) is 1. The maximum Gasteiger partial charge on any atom is 0.338 e. The molecule has 2 aliphatic carbocycles. The molecule has 5 nitrogen and oxygen atoms in total. The molecule has 2 atom stereocenters. The van der Waals surface area contributed by atoms with E-state index in [4.69, 9.17) is 9.73 Å². The quantitative estimate of drug-likeness (QED) is 0.355. The number of esters is 1. The minimum atomic E-state index is -0.308. The van der Waals surface area contributed by atoms with Crippen molar-refractivity contribution in [1.82, 2.24) is 5.32 Å². The molecule has 0 saturated carbocycles. The van der Waals surface area contributed by atoms with E-state index in [1.54, 1.807) is 12.1 Å². The number of carbonyl (C=O) groups is 2. The summed E-state index contributed by atoms with van der Waals surface area (Å²) in [6, 6.07) is 15.0. The molecule has 0 saturated heterocycles. The highest BCUT2D eigenvalue weighted by Gasteiger charge is 2.22. The Morgan fingerprint density at radius 2 is 1.54 bits per heavy atom. The molecule has 1 N–H and O–H groups in total. The molecule has 0 bridgehead atoms. The molecule has 0 spiro atoms. The lowest BCUT2D eigenvalue weighted by atomic mass is 9.92. The van der Waals surface area contributed by atoms with E-state index in [9.17, 15) is 9.59 Å². The molecule has 4 rings (SSSR count). The van der Waals surface area contributed by atoms with Gasteiger partial charge in [0, 0.05) is 35.5 Å². The molecular weight excluding hydrogens is 460 g/mol. The summed E-state index contributed by atoms with van der Waals surface area (Å²) in [5.41, 5.74) is 8.38. The highest BCUT2D eigenvalue weighted by Crippen LogP contribution is 2.29. The van der Waals surface area contributed by atoms with Gasteiger partial charge < -0.3 is 10.1 Å². The highest BCUT2D eigenvalue weighted by molar-refractivity contribution is 5.95. The molecule has 2 aliphatic rings. The Bertz CT molecular complexity index is 1340. The summed E-state index contributed by atoms with van der Waals surface area (Å²) in [7, 11) is 0. The van der Waals surface area contributed by atoms with Crippen molar-refractivity contribution in [3.05, 3.63) is 117 Å². The first-order chi connectivity index (χ1) is 17.7. The lowest BCUT2D eigenvalue weighted by Crippen LogP contribution is -2.28. The standard InChI is InChI=1S/C32H34N2O3/c1-20-6-11-26(12-7-20)31(35)34-29-18-22(3)28(17-23(29)4)33-19-25-10-15-30(24(5)16-25)37-32(36)27-13-8-21(2)9-14-27/h6-14,16,18-19,23,30H,15,17H2,1-5H3,(H,34,35)/b33-19+. The summed E-state index contributed by atoms with van der Waals surface area (Å²) < 4.78 is 5.74. The lowest BCUT2D eigenvalue weighted by molar-refractivity contribution is 0.0377. The minimum Gasteiger partial charge on any atom is -0.454 e. The number of ether oxygens (including phenoxy) is 1. The smallest absolute Gasteiger partial charge is 0.338 e. The van der Waals surface area contributed by atoms with Gasteiger partial charge in [0.15, 0.2) is 0 Å². The van der Waals surface area contributed by atoms with E-state index in [1.165, 1.54) is 0 Å². The molecule has 0 fully saturated rings. The average molecular weight is 495 g/mol. The van der Waals surface area contributed by atoms with Gasteiger partial charge in [-0.2, -0.15) is 0 Å². The van der Waals surface area contributed by atoms with E-state index in [-0.39, 0.29) is 23.9 Å². The van der Waals surface area contributed by atoms with Crippen LogP contribution in [-0.2, 0) is 4.74 Å². The van der Waals surface area contributed by atoms with Crippen LogP contribution in [0.25, 0.3) is 0 Å². The zero-order valence-electron chi connectivity index (χ0n) is 22.2. The van der Waals surface area contributed by atoms with Gasteiger partial charge >= 0.3 is 5.97 Å². The molecule has 5 heteroatoms. The maximum absolute atomic E-state index is 12.7. The van der Waals surface area contributed by atoms with Gasteiger partial charge in [-0.25, -0.2) is 4.79 Å². The van der Waals surface area contributed by atoms with Gasteiger partial charge in [0.05, 0.1) is 5.56 Å². The number of amides is 1. The summed E-state index contributed by atoms with van der Waals surface area (Å²) in [6.07, 6.45) is 9.05. The number of aryl methyl sites for hydroxylation is 2. The van der Waals surface area contributed by atoms with Crippen LogP contribution in [0.4, 0.5) is 0 Å². The second-order valence-corrected chi connectivity index (χ2v) is 10.0. The summed E-state index contributed by atoms with van der Waals surface area (Å²) >= 11 is 0. The van der Waals surface area contributed by atoms with E-state index >= 15 is 0 Å². The van der Waals surface area contributed by atoms with Gasteiger partial charge in [-0.1, -0.05) is 54.5 Å². The molecule has 0 aromatic heterocycles. The Morgan fingerprint density at radius 3 is 2.16 bits per heavy atom. The fourth-order valence-corrected chi connectivity index (χ4v) is 4.36. The van der Waals surface area contributed by atoms with Crippen LogP contribution in [-0.4, -0.2) is 24.2 Å². The number of hydrogen-bond donors (Lipinski definition) is 1. The van der Waals surface area contributed by atoms with E-state index < -0.39 is 0 Å². The first kappa shape index (κ1) is 26.1. The van der Waals surface area contributed by atoms with E-state index in [0.29, 0.717) is 17.5 Å². The van der Waals surface area contributed by atoms with Crippen LogP contribution >= 0.6 is 0 Å². The molecule has 2 unspecified atom stereocenters. The molecule has 2 aromatic carbocycles. The average Bonchev–Trinajstić information content (AvgIpc) is 2.87. The van der Waals surface area contributed by atoms with E-state index in [2.05, 4.69) is 18.3 Å². The van der Waals surface area contributed by atoms with Gasteiger partial charge in [-0.15, -0.1) is 0 Å². The molecular formula is C32H34N2O3. The Balaban J connectivity index is 1.38. The number of hydrogen-bond acceptors (Lipinski definition) is 4. The van der Waals surface area contributed by atoms with Crippen molar-refractivity contribution in [2.75, 3.05) is 0 Å². The van der Waals surface area contributed by atoms with Crippen molar-refractivity contribution in [2.45, 2.75) is 53.6 Å². The predicted octanol–water partition coefficient (Wildman–Crippen LogP) is 6.80. The molecule has 0 radical (unpaired) electrons. The zero-order valence-corrected chi connectivity index (χ0v) is 22.2. The van der Waals surface area contributed by atoms with Crippen LogP contribution in [0.3, 0.4) is 0 Å². The molecule has 2 aromatic rings. The third-order valence-electron chi connectivity index (χ3n) is 6.81. The normalized spacial score (nSPS) is 19.8. The van der Waals surface area contributed by atoms with Crippen molar-refractivity contribution in [2.24, 2.45) is 10.9 Å². The monoisotopic (exact) mass is 494 g/mol.